The lowest BCUT2D eigenvalue weighted by molar-refractivity contribution is 0.343. The number of hydrogen-bond donors (Lipinski definition) is 2. The Morgan fingerprint density at radius 3 is 2.33 bits per heavy atom. The molecule has 0 aliphatic rings. The van der Waals surface area contributed by atoms with Crippen molar-refractivity contribution in [2.75, 3.05) is 6.61 Å². The molecule has 0 aliphatic heterocycles. The van der Waals surface area contributed by atoms with Crippen molar-refractivity contribution < 1.29 is 10.2 Å². The minimum Gasteiger partial charge on any atom is -0.508 e. The monoisotopic (exact) mass is 282 g/mol. The average molecular weight is 282 g/mol. The van der Waals surface area contributed by atoms with Crippen LogP contribution in [0.15, 0.2) is 48.5 Å². The summed E-state index contributed by atoms with van der Waals surface area (Å²) in [5.41, 5.74) is 5.29. The van der Waals surface area contributed by atoms with Crippen molar-refractivity contribution in [3.8, 4) is 5.75 Å². The molecular weight excluding hydrogens is 260 g/mol. The Kier molecular flexibility index (Phi) is 4.81. The molecule has 0 aromatic heterocycles. The van der Waals surface area contributed by atoms with Gasteiger partial charge in [0.1, 0.15) is 5.75 Å². The molecule has 2 nitrogen and oxygen atoms in total. The van der Waals surface area contributed by atoms with Gasteiger partial charge in [-0.15, -0.1) is 0 Å². The van der Waals surface area contributed by atoms with Crippen molar-refractivity contribution in [2.45, 2.75) is 26.7 Å². The quantitative estimate of drug-likeness (QED) is 0.880. The number of benzene rings is 2. The third kappa shape index (κ3) is 3.53. The fraction of sp³-hybridized carbons (Fsp3) is 0.263. The van der Waals surface area contributed by atoms with E-state index >= 15 is 0 Å². The van der Waals surface area contributed by atoms with Gasteiger partial charge in [-0.3, -0.25) is 0 Å². The number of hydrogen-bond acceptors (Lipinski definition) is 2. The first-order valence-corrected chi connectivity index (χ1v) is 7.24. The van der Waals surface area contributed by atoms with Crippen LogP contribution in [0.2, 0.25) is 0 Å². The van der Waals surface area contributed by atoms with Gasteiger partial charge >= 0.3 is 0 Å². The number of aliphatic hydroxyl groups excluding tert-OH is 1. The molecule has 0 aliphatic carbocycles. The highest BCUT2D eigenvalue weighted by Gasteiger charge is 2.09. The Labute approximate surface area is 126 Å². The van der Waals surface area contributed by atoms with Crippen LogP contribution in [0, 0.1) is 6.92 Å². The van der Waals surface area contributed by atoms with Gasteiger partial charge in [0.25, 0.3) is 0 Å². The molecule has 0 atom stereocenters. The molecule has 2 rings (SSSR count). The lowest BCUT2D eigenvalue weighted by Crippen LogP contribution is -1.95. The molecule has 2 aromatic carbocycles. The van der Waals surface area contributed by atoms with E-state index < -0.39 is 0 Å². The highest BCUT2D eigenvalue weighted by atomic mass is 16.3. The fourth-order valence-corrected chi connectivity index (χ4v) is 2.42. The summed E-state index contributed by atoms with van der Waals surface area (Å²) >= 11 is 0. The zero-order valence-electron chi connectivity index (χ0n) is 12.8. The third-order valence-corrected chi connectivity index (χ3v) is 3.70. The lowest BCUT2D eigenvalue weighted by Gasteiger charge is -2.13. The molecule has 0 fully saturated rings. The molecule has 0 saturated carbocycles. The van der Waals surface area contributed by atoms with Gasteiger partial charge in [0, 0.05) is 0 Å². The number of aryl methyl sites for hydroxylation is 1. The Balaban J connectivity index is 2.49. The summed E-state index contributed by atoms with van der Waals surface area (Å²) in [5, 5.41) is 19.1. The van der Waals surface area contributed by atoms with Gasteiger partial charge in [0.2, 0.25) is 0 Å². The smallest absolute Gasteiger partial charge is 0.116 e. The van der Waals surface area contributed by atoms with Gasteiger partial charge in [-0.2, -0.15) is 0 Å². The number of phenols is 1. The van der Waals surface area contributed by atoms with E-state index in [0.717, 1.165) is 22.3 Å². The van der Waals surface area contributed by atoms with E-state index in [9.17, 15) is 10.2 Å². The first-order valence-electron chi connectivity index (χ1n) is 7.24. The van der Waals surface area contributed by atoms with Crippen LogP contribution in [0.3, 0.4) is 0 Å². The largest absolute Gasteiger partial charge is 0.508 e. The predicted molar refractivity (Wildman–Crippen MR) is 87.5 cm³/mol. The van der Waals surface area contributed by atoms with Crippen LogP contribution in [0.1, 0.15) is 42.0 Å². The molecule has 0 unspecified atom stereocenters. The number of aromatic hydroxyl groups is 1. The summed E-state index contributed by atoms with van der Waals surface area (Å²) in [5.74, 6) is 0.727. The highest BCUT2D eigenvalue weighted by molar-refractivity contribution is 5.82. The van der Waals surface area contributed by atoms with E-state index in [4.69, 9.17) is 0 Å². The minimum atomic E-state index is -0.0314. The van der Waals surface area contributed by atoms with Crippen molar-refractivity contribution in [1.29, 1.82) is 0 Å². The molecule has 110 valence electrons. The standard InChI is InChI=1S/C19H22O2/c1-13(2)15-5-7-16(8-6-15)18(10-11-20)19-12-17(21)9-4-14(19)3/h4-10,12-13,20-21H,11H2,1-3H3/b18-10-. The van der Waals surface area contributed by atoms with Crippen molar-refractivity contribution in [1.82, 2.24) is 0 Å². The molecule has 0 bridgehead atoms. The van der Waals surface area contributed by atoms with Gasteiger partial charge in [-0.25, -0.2) is 0 Å². The Bertz CT molecular complexity index is 637. The Hall–Kier alpha value is -2.06. The summed E-state index contributed by atoms with van der Waals surface area (Å²) in [6.07, 6.45) is 1.78. The van der Waals surface area contributed by atoms with Crippen LogP contribution in [0.4, 0.5) is 0 Å². The molecular formula is C19H22O2. The normalized spacial score (nSPS) is 12.0. The maximum Gasteiger partial charge on any atom is 0.116 e. The van der Waals surface area contributed by atoms with Crippen LogP contribution < -0.4 is 0 Å². The second-order valence-corrected chi connectivity index (χ2v) is 5.58. The van der Waals surface area contributed by atoms with E-state index in [1.54, 1.807) is 18.2 Å². The van der Waals surface area contributed by atoms with Crippen LogP contribution in [0.5, 0.6) is 5.75 Å². The topological polar surface area (TPSA) is 40.5 Å². The zero-order valence-corrected chi connectivity index (χ0v) is 12.8. The van der Waals surface area contributed by atoms with Gasteiger partial charge in [-0.1, -0.05) is 50.3 Å². The van der Waals surface area contributed by atoms with E-state index in [2.05, 4.69) is 38.1 Å². The minimum absolute atomic E-state index is 0.0314. The summed E-state index contributed by atoms with van der Waals surface area (Å²) < 4.78 is 0. The molecule has 0 spiro atoms. The molecule has 0 heterocycles. The first-order chi connectivity index (χ1) is 10.0. The molecule has 21 heavy (non-hydrogen) atoms. The van der Waals surface area contributed by atoms with E-state index in [0.29, 0.717) is 5.92 Å². The van der Waals surface area contributed by atoms with E-state index in [-0.39, 0.29) is 12.4 Å². The Morgan fingerprint density at radius 1 is 1.10 bits per heavy atom. The molecule has 2 aromatic rings. The fourth-order valence-electron chi connectivity index (χ4n) is 2.42. The van der Waals surface area contributed by atoms with Crippen molar-refractivity contribution >= 4 is 5.57 Å². The molecule has 2 heteroatoms. The third-order valence-electron chi connectivity index (χ3n) is 3.70. The molecule has 0 amide bonds. The van der Waals surface area contributed by atoms with Crippen LogP contribution in [-0.4, -0.2) is 16.8 Å². The van der Waals surface area contributed by atoms with E-state index in [1.165, 1.54) is 5.56 Å². The van der Waals surface area contributed by atoms with Crippen molar-refractivity contribution in [3.63, 3.8) is 0 Å². The van der Waals surface area contributed by atoms with Gasteiger partial charge in [0.15, 0.2) is 0 Å². The first kappa shape index (κ1) is 15.3. The Morgan fingerprint density at radius 2 is 1.76 bits per heavy atom. The van der Waals surface area contributed by atoms with Crippen molar-refractivity contribution in [2.24, 2.45) is 0 Å². The van der Waals surface area contributed by atoms with E-state index in [1.807, 2.05) is 13.0 Å². The highest BCUT2D eigenvalue weighted by Crippen LogP contribution is 2.29. The van der Waals surface area contributed by atoms with Gasteiger partial charge < -0.3 is 10.2 Å². The van der Waals surface area contributed by atoms with Crippen LogP contribution in [-0.2, 0) is 0 Å². The number of aliphatic hydroxyl groups is 1. The summed E-state index contributed by atoms with van der Waals surface area (Å²) in [6.45, 7) is 6.30. The SMILES string of the molecule is Cc1ccc(O)cc1/C(=C\CO)c1ccc(C(C)C)cc1. The second kappa shape index (κ2) is 6.59. The zero-order chi connectivity index (χ0) is 15.4. The molecule has 0 saturated heterocycles. The lowest BCUT2D eigenvalue weighted by atomic mass is 9.92. The summed E-state index contributed by atoms with van der Waals surface area (Å²) in [4.78, 5) is 0. The predicted octanol–water partition coefficient (Wildman–Crippen LogP) is 4.25. The maximum absolute atomic E-state index is 9.73. The van der Waals surface area contributed by atoms with Crippen LogP contribution >= 0.6 is 0 Å². The number of rotatable bonds is 4. The van der Waals surface area contributed by atoms with Gasteiger partial charge in [0.05, 0.1) is 6.61 Å². The van der Waals surface area contributed by atoms with Crippen LogP contribution in [0.25, 0.3) is 5.57 Å². The average Bonchev–Trinajstić information content (AvgIpc) is 2.48. The summed E-state index contributed by atoms with van der Waals surface area (Å²) in [7, 11) is 0. The second-order valence-electron chi connectivity index (χ2n) is 5.58. The molecule has 2 N–H and O–H groups in total. The molecule has 0 radical (unpaired) electrons. The van der Waals surface area contributed by atoms with Crippen molar-refractivity contribution in [3.05, 3.63) is 70.8 Å². The number of phenolic OH excluding ortho intramolecular Hbond substituents is 1. The van der Waals surface area contributed by atoms with Gasteiger partial charge in [-0.05, 0) is 52.8 Å². The summed E-state index contributed by atoms with van der Waals surface area (Å²) in [6, 6.07) is 13.7. The maximum atomic E-state index is 9.73.